The van der Waals surface area contributed by atoms with E-state index in [0.717, 1.165) is 23.0 Å². The highest BCUT2D eigenvalue weighted by Crippen LogP contribution is 2.43. The third kappa shape index (κ3) is 1.98. The number of likely N-dealkylation sites (N-methyl/N-ethyl adjacent to an activating group) is 1. The number of H-pyrrole nitrogens is 1. The van der Waals surface area contributed by atoms with Crippen molar-refractivity contribution in [2.24, 2.45) is 0 Å². The summed E-state index contributed by atoms with van der Waals surface area (Å²) in [7, 11) is 2.02. The third-order valence-electron chi connectivity index (χ3n) is 4.47. The van der Waals surface area contributed by atoms with Gasteiger partial charge in [-0.15, -0.1) is 0 Å². The fourth-order valence-electron chi connectivity index (χ4n) is 3.16. The van der Waals surface area contributed by atoms with Crippen molar-refractivity contribution >= 4 is 10.9 Å². The highest BCUT2D eigenvalue weighted by Gasteiger charge is 2.37. The summed E-state index contributed by atoms with van der Waals surface area (Å²) in [6.07, 6.45) is 3.81. The minimum absolute atomic E-state index is 0.00818. The predicted octanol–water partition coefficient (Wildman–Crippen LogP) is 2.48. The highest BCUT2D eigenvalue weighted by molar-refractivity contribution is 5.80. The molecule has 19 heavy (non-hydrogen) atoms. The Bertz CT molecular complexity index is 668. The van der Waals surface area contributed by atoms with Crippen LogP contribution in [-0.2, 0) is 5.41 Å². The Hall–Kier alpha value is -1.61. The second-order valence-corrected chi connectivity index (χ2v) is 5.75. The van der Waals surface area contributed by atoms with Gasteiger partial charge in [0.15, 0.2) is 0 Å². The molecule has 1 aliphatic carbocycles. The van der Waals surface area contributed by atoms with Crippen molar-refractivity contribution in [3.05, 3.63) is 45.7 Å². The molecule has 0 atom stereocenters. The largest absolute Gasteiger partial charge is 0.322 e. The lowest BCUT2D eigenvalue weighted by atomic mass is 9.64. The zero-order chi connectivity index (χ0) is 13.5. The lowest BCUT2D eigenvalue weighted by molar-refractivity contribution is 0.239. The Kier molecular flexibility index (Phi) is 2.94. The smallest absolute Gasteiger partial charge is 0.251 e. The van der Waals surface area contributed by atoms with Crippen molar-refractivity contribution < 1.29 is 0 Å². The van der Waals surface area contributed by atoms with Gasteiger partial charge in [-0.05, 0) is 56.0 Å². The van der Waals surface area contributed by atoms with Crippen LogP contribution in [0.3, 0.4) is 0 Å². The lowest BCUT2D eigenvalue weighted by Gasteiger charge is -2.42. The number of rotatable bonds is 3. The van der Waals surface area contributed by atoms with Crippen molar-refractivity contribution in [3.63, 3.8) is 0 Å². The summed E-state index contributed by atoms with van der Waals surface area (Å²) in [5, 5.41) is 4.46. The summed E-state index contributed by atoms with van der Waals surface area (Å²) in [4.78, 5) is 14.6. The Morgan fingerprint density at radius 1 is 1.32 bits per heavy atom. The Balaban J connectivity index is 2.11. The maximum atomic E-state index is 11.6. The molecule has 0 aliphatic heterocycles. The van der Waals surface area contributed by atoms with Crippen molar-refractivity contribution in [2.75, 3.05) is 13.6 Å². The number of nitrogens with one attached hydrogen (secondary N) is 2. The van der Waals surface area contributed by atoms with Crippen LogP contribution in [0.5, 0.6) is 0 Å². The number of benzene rings is 1. The molecule has 3 rings (SSSR count). The molecule has 1 aliphatic rings. The highest BCUT2D eigenvalue weighted by atomic mass is 16.1. The molecule has 3 nitrogen and oxygen atoms in total. The molecule has 3 heteroatoms. The molecule has 2 N–H and O–H groups in total. The minimum Gasteiger partial charge on any atom is -0.322 e. The second-order valence-electron chi connectivity index (χ2n) is 5.75. The van der Waals surface area contributed by atoms with Crippen molar-refractivity contribution in [1.82, 2.24) is 10.3 Å². The van der Waals surface area contributed by atoms with Crippen LogP contribution in [0.2, 0.25) is 0 Å². The van der Waals surface area contributed by atoms with Gasteiger partial charge in [0, 0.05) is 23.0 Å². The van der Waals surface area contributed by atoms with Crippen molar-refractivity contribution in [1.29, 1.82) is 0 Å². The van der Waals surface area contributed by atoms with E-state index < -0.39 is 0 Å². The third-order valence-corrected chi connectivity index (χ3v) is 4.47. The summed E-state index contributed by atoms with van der Waals surface area (Å²) in [6, 6.07) is 8.45. The average molecular weight is 256 g/mol. The molecule has 0 saturated heterocycles. The first-order valence-corrected chi connectivity index (χ1v) is 6.93. The van der Waals surface area contributed by atoms with Gasteiger partial charge >= 0.3 is 0 Å². The number of pyridine rings is 1. The number of hydrogen-bond acceptors (Lipinski definition) is 2. The van der Waals surface area contributed by atoms with Crippen LogP contribution >= 0.6 is 0 Å². The van der Waals surface area contributed by atoms with E-state index in [1.807, 2.05) is 26.1 Å². The number of fused-ring (bicyclic) bond motifs is 1. The van der Waals surface area contributed by atoms with Crippen LogP contribution in [0.15, 0.2) is 29.1 Å². The summed E-state index contributed by atoms with van der Waals surface area (Å²) in [6.45, 7) is 2.89. The van der Waals surface area contributed by atoms with E-state index in [1.54, 1.807) is 0 Å². The zero-order valence-electron chi connectivity index (χ0n) is 11.5. The number of aryl methyl sites for hydroxylation is 1. The van der Waals surface area contributed by atoms with Gasteiger partial charge in [0.2, 0.25) is 0 Å². The Morgan fingerprint density at radius 2 is 2.11 bits per heavy atom. The van der Waals surface area contributed by atoms with Gasteiger partial charge < -0.3 is 10.3 Å². The molecule has 0 radical (unpaired) electrons. The molecular formula is C16H20N2O. The molecule has 100 valence electrons. The van der Waals surface area contributed by atoms with Crippen molar-refractivity contribution in [2.45, 2.75) is 31.6 Å². The van der Waals surface area contributed by atoms with E-state index in [4.69, 9.17) is 0 Å². The molecule has 0 bridgehead atoms. The summed E-state index contributed by atoms with van der Waals surface area (Å²) in [5.74, 6) is 0. The fraction of sp³-hybridized carbons (Fsp3) is 0.438. The standard InChI is InChI=1S/C16H20N2O/c1-11-8-12-9-13(4-5-14(12)18-15(11)19)16(10-17-2)6-3-7-16/h4-5,8-9,17H,3,6-7,10H2,1-2H3,(H,18,19). The first-order chi connectivity index (χ1) is 9.14. The number of hydrogen-bond donors (Lipinski definition) is 2. The summed E-state index contributed by atoms with van der Waals surface area (Å²) in [5.41, 5.74) is 3.41. The van der Waals surface area contributed by atoms with Gasteiger partial charge in [0.25, 0.3) is 5.56 Å². The van der Waals surface area contributed by atoms with Crippen LogP contribution in [0.25, 0.3) is 10.9 Å². The fourth-order valence-corrected chi connectivity index (χ4v) is 3.16. The second kappa shape index (κ2) is 4.49. The first kappa shape index (κ1) is 12.4. The Morgan fingerprint density at radius 3 is 2.74 bits per heavy atom. The molecule has 2 aromatic rings. The first-order valence-electron chi connectivity index (χ1n) is 6.93. The van der Waals surface area contributed by atoms with Gasteiger partial charge in [0.05, 0.1) is 0 Å². The summed E-state index contributed by atoms with van der Waals surface area (Å²) >= 11 is 0. The number of aromatic amines is 1. The van der Waals surface area contributed by atoms with E-state index >= 15 is 0 Å². The monoisotopic (exact) mass is 256 g/mol. The molecule has 0 amide bonds. The minimum atomic E-state index is 0.00818. The van der Waals surface area contributed by atoms with E-state index in [0.29, 0.717) is 5.41 Å². The van der Waals surface area contributed by atoms with Crippen LogP contribution in [0.1, 0.15) is 30.4 Å². The van der Waals surface area contributed by atoms with Crippen LogP contribution < -0.4 is 10.9 Å². The van der Waals surface area contributed by atoms with Gasteiger partial charge in [-0.25, -0.2) is 0 Å². The molecule has 0 unspecified atom stereocenters. The van der Waals surface area contributed by atoms with E-state index in [2.05, 4.69) is 22.4 Å². The normalized spacial score (nSPS) is 17.4. The average Bonchev–Trinajstić information content (AvgIpc) is 2.35. The van der Waals surface area contributed by atoms with Crippen LogP contribution in [-0.4, -0.2) is 18.6 Å². The molecule has 1 heterocycles. The van der Waals surface area contributed by atoms with E-state index in [1.165, 1.54) is 24.8 Å². The van der Waals surface area contributed by atoms with Gasteiger partial charge in [-0.3, -0.25) is 4.79 Å². The Labute approximate surface area is 113 Å². The molecule has 0 spiro atoms. The predicted molar refractivity (Wildman–Crippen MR) is 78.8 cm³/mol. The quantitative estimate of drug-likeness (QED) is 0.886. The van der Waals surface area contributed by atoms with Gasteiger partial charge in [0.1, 0.15) is 0 Å². The van der Waals surface area contributed by atoms with Gasteiger partial charge in [-0.2, -0.15) is 0 Å². The lowest BCUT2D eigenvalue weighted by Crippen LogP contribution is -2.42. The van der Waals surface area contributed by atoms with Crippen LogP contribution in [0.4, 0.5) is 0 Å². The molecular weight excluding hydrogens is 236 g/mol. The maximum absolute atomic E-state index is 11.6. The molecule has 1 aromatic carbocycles. The number of aromatic nitrogens is 1. The maximum Gasteiger partial charge on any atom is 0.251 e. The van der Waals surface area contributed by atoms with Gasteiger partial charge in [-0.1, -0.05) is 12.5 Å². The van der Waals surface area contributed by atoms with Crippen LogP contribution in [0, 0.1) is 6.92 Å². The van der Waals surface area contributed by atoms with E-state index in [9.17, 15) is 4.79 Å². The molecule has 1 saturated carbocycles. The topological polar surface area (TPSA) is 44.9 Å². The zero-order valence-corrected chi connectivity index (χ0v) is 11.5. The molecule has 1 fully saturated rings. The SMILES string of the molecule is CNCC1(c2ccc3[nH]c(=O)c(C)cc3c2)CCC1. The van der Waals surface area contributed by atoms with Crippen molar-refractivity contribution in [3.8, 4) is 0 Å². The van der Waals surface area contributed by atoms with E-state index in [-0.39, 0.29) is 5.56 Å². The molecule has 1 aromatic heterocycles. The summed E-state index contributed by atoms with van der Waals surface area (Å²) < 4.78 is 0.